The minimum atomic E-state index is -8.36. The highest BCUT2D eigenvalue weighted by Crippen LogP contribution is 2.63. The van der Waals surface area contributed by atoms with Crippen LogP contribution in [0, 0.1) is 0 Å². The van der Waals surface area contributed by atoms with E-state index in [0.29, 0.717) is 6.92 Å². The van der Waals surface area contributed by atoms with Crippen LogP contribution in [-0.4, -0.2) is 46.8 Å². The van der Waals surface area contributed by atoms with E-state index in [1.807, 2.05) is 0 Å². The zero-order valence-corrected chi connectivity index (χ0v) is 17.1. The Labute approximate surface area is 182 Å². The van der Waals surface area contributed by atoms with Crippen LogP contribution in [0.5, 0.6) is 0 Å². The topological polar surface area (TPSA) is 20.2 Å². The number of hydrogen-bond donors (Lipinski definition) is 1. The Morgan fingerprint density at radius 3 is 1.39 bits per heavy atom. The standard InChI is InChI=1S/C16H10BrF15O/c1-9(33,7-4-2-3-5-8(7)17)6-10(18,19)11(20,21)12(22,23)13(24,25)14(26,27)15(28,29)16(30,31)32/h2-5,33H,6H2,1H3. The molecule has 0 spiro atoms. The average Bonchev–Trinajstić information content (AvgIpc) is 2.59. The van der Waals surface area contributed by atoms with Crippen molar-refractivity contribution in [2.24, 2.45) is 0 Å². The van der Waals surface area contributed by atoms with E-state index in [1.165, 1.54) is 6.07 Å². The highest BCUT2D eigenvalue weighted by molar-refractivity contribution is 9.10. The number of benzene rings is 1. The Hall–Kier alpha value is -1.39. The highest BCUT2D eigenvalue weighted by atomic mass is 79.9. The van der Waals surface area contributed by atoms with Gasteiger partial charge in [0, 0.05) is 4.47 Å². The van der Waals surface area contributed by atoms with E-state index in [-0.39, 0.29) is 4.47 Å². The van der Waals surface area contributed by atoms with Gasteiger partial charge in [0.15, 0.2) is 0 Å². The molecule has 1 N–H and O–H groups in total. The summed E-state index contributed by atoms with van der Waals surface area (Å²) in [7, 11) is 0. The predicted octanol–water partition coefficient (Wildman–Crippen LogP) is 7.42. The summed E-state index contributed by atoms with van der Waals surface area (Å²) < 4.78 is 198. The van der Waals surface area contributed by atoms with Crippen LogP contribution < -0.4 is 0 Å². The van der Waals surface area contributed by atoms with E-state index in [0.717, 1.165) is 18.2 Å². The van der Waals surface area contributed by atoms with Crippen molar-refractivity contribution in [2.45, 2.75) is 60.7 Å². The van der Waals surface area contributed by atoms with Crippen LogP contribution in [0.2, 0.25) is 0 Å². The minimum Gasteiger partial charge on any atom is -0.385 e. The Morgan fingerprint density at radius 2 is 1.00 bits per heavy atom. The molecular formula is C16H10BrF15O. The Balaban J connectivity index is 3.56. The van der Waals surface area contributed by atoms with Gasteiger partial charge in [-0.15, -0.1) is 0 Å². The lowest BCUT2D eigenvalue weighted by Gasteiger charge is -2.42. The molecule has 1 aromatic rings. The van der Waals surface area contributed by atoms with Gasteiger partial charge in [-0.3, -0.25) is 0 Å². The third-order valence-electron chi connectivity index (χ3n) is 4.41. The average molecular weight is 583 g/mol. The highest BCUT2D eigenvalue weighted by Gasteiger charge is 2.93. The number of hydrogen-bond acceptors (Lipinski definition) is 1. The molecule has 0 heterocycles. The van der Waals surface area contributed by atoms with Crippen molar-refractivity contribution < 1.29 is 71.0 Å². The summed E-state index contributed by atoms with van der Waals surface area (Å²) in [5, 5.41) is 10.0. The van der Waals surface area contributed by atoms with Gasteiger partial charge in [0.1, 0.15) is 0 Å². The Bertz CT molecular complexity index is 860. The van der Waals surface area contributed by atoms with Crippen LogP contribution in [0.3, 0.4) is 0 Å². The molecule has 1 nitrogen and oxygen atoms in total. The first-order valence-corrected chi connectivity index (χ1v) is 8.82. The van der Waals surface area contributed by atoms with Crippen molar-refractivity contribution in [3.63, 3.8) is 0 Å². The first-order chi connectivity index (χ1) is 14.2. The van der Waals surface area contributed by atoms with Crippen molar-refractivity contribution in [1.82, 2.24) is 0 Å². The molecule has 0 aliphatic rings. The second kappa shape index (κ2) is 8.09. The minimum absolute atomic E-state index is 0.289. The van der Waals surface area contributed by atoms with Crippen molar-refractivity contribution in [2.75, 3.05) is 0 Å². The van der Waals surface area contributed by atoms with E-state index in [4.69, 9.17) is 0 Å². The quantitative estimate of drug-likeness (QED) is 0.316. The fourth-order valence-electron chi connectivity index (χ4n) is 2.54. The van der Waals surface area contributed by atoms with E-state index in [9.17, 15) is 71.0 Å². The third-order valence-corrected chi connectivity index (χ3v) is 5.10. The summed E-state index contributed by atoms with van der Waals surface area (Å²) in [6, 6.07) is 4.03. The predicted molar refractivity (Wildman–Crippen MR) is 84.1 cm³/mol. The fourth-order valence-corrected chi connectivity index (χ4v) is 3.25. The monoisotopic (exact) mass is 582 g/mol. The smallest absolute Gasteiger partial charge is 0.385 e. The normalized spacial score (nSPS) is 17.2. The maximum Gasteiger partial charge on any atom is 0.460 e. The molecule has 1 rings (SSSR count). The summed E-state index contributed by atoms with van der Waals surface area (Å²) in [4.78, 5) is 0. The fraction of sp³-hybridized carbons (Fsp3) is 0.625. The second-order valence-corrected chi connectivity index (χ2v) is 7.86. The summed E-state index contributed by atoms with van der Waals surface area (Å²) >= 11 is 2.68. The molecule has 0 amide bonds. The zero-order chi connectivity index (χ0) is 26.7. The number of alkyl halides is 15. The zero-order valence-electron chi connectivity index (χ0n) is 15.5. The van der Waals surface area contributed by atoms with Gasteiger partial charge in [0.05, 0.1) is 12.0 Å². The van der Waals surface area contributed by atoms with Crippen LogP contribution in [0.25, 0.3) is 0 Å². The maximum atomic E-state index is 14.1. The molecular weight excluding hydrogens is 573 g/mol. The first-order valence-electron chi connectivity index (χ1n) is 8.03. The van der Waals surface area contributed by atoms with E-state index in [1.54, 1.807) is 0 Å². The molecule has 0 aromatic heterocycles. The van der Waals surface area contributed by atoms with Crippen molar-refractivity contribution in [1.29, 1.82) is 0 Å². The molecule has 0 saturated heterocycles. The first kappa shape index (κ1) is 29.6. The molecule has 1 atom stereocenters. The lowest BCUT2D eigenvalue weighted by atomic mass is 9.84. The molecule has 0 aliphatic carbocycles. The number of halogens is 16. The van der Waals surface area contributed by atoms with Gasteiger partial charge in [-0.25, -0.2) is 0 Å². The van der Waals surface area contributed by atoms with Gasteiger partial charge >= 0.3 is 41.7 Å². The van der Waals surface area contributed by atoms with E-state index in [2.05, 4.69) is 15.9 Å². The van der Waals surface area contributed by atoms with Gasteiger partial charge in [-0.2, -0.15) is 65.9 Å². The maximum absolute atomic E-state index is 14.1. The lowest BCUT2D eigenvalue weighted by molar-refractivity contribution is -0.453. The Morgan fingerprint density at radius 1 is 0.636 bits per heavy atom. The van der Waals surface area contributed by atoms with Gasteiger partial charge in [0.2, 0.25) is 0 Å². The van der Waals surface area contributed by atoms with Gasteiger partial charge in [0.25, 0.3) is 0 Å². The van der Waals surface area contributed by atoms with E-state index < -0.39 is 59.3 Å². The molecule has 0 saturated carbocycles. The molecule has 192 valence electrons. The molecule has 0 aliphatic heterocycles. The third kappa shape index (κ3) is 4.38. The van der Waals surface area contributed by atoms with Crippen molar-refractivity contribution in [3.8, 4) is 0 Å². The summed E-state index contributed by atoms with van der Waals surface area (Å²) in [6.07, 6.45) is -10.5. The second-order valence-electron chi connectivity index (χ2n) is 7.00. The summed E-state index contributed by atoms with van der Waals surface area (Å²) in [6.45, 7) is 0.305. The molecule has 0 radical (unpaired) electrons. The van der Waals surface area contributed by atoms with E-state index >= 15 is 0 Å². The van der Waals surface area contributed by atoms with Crippen LogP contribution >= 0.6 is 15.9 Å². The number of rotatable bonds is 8. The van der Waals surface area contributed by atoms with Gasteiger partial charge in [-0.05, 0) is 18.6 Å². The van der Waals surface area contributed by atoms with Crippen molar-refractivity contribution >= 4 is 15.9 Å². The molecule has 17 heteroatoms. The molecule has 0 bridgehead atoms. The van der Waals surface area contributed by atoms with Crippen LogP contribution in [-0.2, 0) is 5.60 Å². The van der Waals surface area contributed by atoms with Crippen LogP contribution in [0.1, 0.15) is 18.9 Å². The molecule has 1 unspecified atom stereocenters. The molecule has 33 heavy (non-hydrogen) atoms. The Kier molecular flexibility index (Phi) is 7.26. The summed E-state index contributed by atoms with van der Waals surface area (Å²) in [5.41, 5.74) is -3.96. The molecule has 0 fully saturated rings. The largest absolute Gasteiger partial charge is 0.460 e. The molecule has 1 aromatic carbocycles. The van der Waals surface area contributed by atoms with Crippen molar-refractivity contribution in [3.05, 3.63) is 34.3 Å². The van der Waals surface area contributed by atoms with Crippen LogP contribution in [0.4, 0.5) is 65.9 Å². The SMILES string of the molecule is CC(O)(CC(F)(F)C(F)(F)C(F)(F)C(F)(F)C(F)(F)C(F)(F)C(F)(F)F)c1ccccc1Br. The van der Waals surface area contributed by atoms with Gasteiger partial charge < -0.3 is 5.11 Å². The summed E-state index contributed by atoms with van der Waals surface area (Å²) in [5.74, 6) is -47.1. The van der Waals surface area contributed by atoms with Crippen LogP contribution in [0.15, 0.2) is 28.7 Å². The van der Waals surface area contributed by atoms with Gasteiger partial charge in [-0.1, -0.05) is 34.1 Å². The number of aliphatic hydroxyl groups is 1. The lowest BCUT2D eigenvalue weighted by Crippen LogP contribution is -2.72.